The van der Waals surface area contributed by atoms with Crippen LogP contribution < -0.4 is 5.32 Å². The standard InChI is InChI=1S/C11H12N2O/c1-11(2,7-12)9-3-5-10(6-4-9)13-8-14/h3-6,8H,1-2H3,(H,13,14). The van der Waals surface area contributed by atoms with E-state index >= 15 is 0 Å². The Kier molecular flexibility index (Phi) is 2.88. The van der Waals surface area contributed by atoms with Crippen LogP contribution in [0, 0.1) is 11.3 Å². The fraction of sp³-hybridized carbons (Fsp3) is 0.273. The highest BCUT2D eigenvalue weighted by atomic mass is 16.1. The Morgan fingerprint density at radius 2 is 1.93 bits per heavy atom. The lowest BCUT2D eigenvalue weighted by atomic mass is 9.86. The Morgan fingerprint density at radius 1 is 1.36 bits per heavy atom. The first-order chi connectivity index (χ1) is 6.60. The summed E-state index contributed by atoms with van der Waals surface area (Å²) in [5, 5.41) is 11.4. The first-order valence-corrected chi connectivity index (χ1v) is 4.32. The molecule has 1 aromatic rings. The molecule has 0 atom stereocenters. The fourth-order valence-corrected chi connectivity index (χ4v) is 1.12. The molecule has 0 aliphatic heterocycles. The van der Waals surface area contributed by atoms with E-state index in [1.807, 2.05) is 26.0 Å². The summed E-state index contributed by atoms with van der Waals surface area (Å²) >= 11 is 0. The van der Waals surface area contributed by atoms with E-state index in [2.05, 4.69) is 11.4 Å². The molecular formula is C11H12N2O. The Labute approximate surface area is 83.4 Å². The lowest BCUT2D eigenvalue weighted by Crippen LogP contribution is -2.13. The predicted molar refractivity (Wildman–Crippen MR) is 54.8 cm³/mol. The van der Waals surface area contributed by atoms with Crippen molar-refractivity contribution < 1.29 is 4.79 Å². The van der Waals surface area contributed by atoms with Crippen LogP contribution in [0.5, 0.6) is 0 Å². The summed E-state index contributed by atoms with van der Waals surface area (Å²) in [4.78, 5) is 10.1. The van der Waals surface area contributed by atoms with Crippen LogP contribution in [0.2, 0.25) is 0 Å². The van der Waals surface area contributed by atoms with Gasteiger partial charge in [-0.05, 0) is 31.5 Å². The first-order valence-electron chi connectivity index (χ1n) is 4.32. The topological polar surface area (TPSA) is 52.9 Å². The molecule has 3 nitrogen and oxygen atoms in total. The van der Waals surface area contributed by atoms with E-state index < -0.39 is 5.41 Å². The number of hydrogen-bond donors (Lipinski definition) is 1. The van der Waals surface area contributed by atoms with Gasteiger partial charge in [0.05, 0.1) is 11.5 Å². The summed E-state index contributed by atoms with van der Waals surface area (Å²) in [7, 11) is 0. The van der Waals surface area contributed by atoms with E-state index in [9.17, 15) is 4.79 Å². The summed E-state index contributed by atoms with van der Waals surface area (Å²) in [6, 6.07) is 9.46. The highest BCUT2D eigenvalue weighted by molar-refractivity contribution is 5.71. The van der Waals surface area contributed by atoms with Crippen LogP contribution in [0.1, 0.15) is 19.4 Å². The Bertz CT molecular complexity index is 360. The summed E-state index contributed by atoms with van der Waals surface area (Å²) in [6.07, 6.45) is 0.629. The molecule has 0 aliphatic rings. The normalized spacial score (nSPS) is 10.4. The molecule has 1 N–H and O–H groups in total. The fourth-order valence-electron chi connectivity index (χ4n) is 1.12. The number of benzene rings is 1. The zero-order chi connectivity index (χ0) is 10.6. The predicted octanol–water partition coefficient (Wildman–Crippen LogP) is 2.06. The molecule has 0 saturated heterocycles. The summed E-state index contributed by atoms with van der Waals surface area (Å²) in [6.45, 7) is 3.71. The van der Waals surface area contributed by atoms with Gasteiger partial charge < -0.3 is 5.32 Å². The third-order valence-electron chi connectivity index (χ3n) is 2.11. The van der Waals surface area contributed by atoms with Gasteiger partial charge in [-0.2, -0.15) is 5.26 Å². The maximum Gasteiger partial charge on any atom is 0.211 e. The Morgan fingerprint density at radius 3 is 2.36 bits per heavy atom. The molecular weight excluding hydrogens is 176 g/mol. The van der Waals surface area contributed by atoms with Gasteiger partial charge in [0.2, 0.25) is 6.41 Å². The number of carbonyl (C=O) groups excluding carboxylic acids is 1. The van der Waals surface area contributed by atoms with Gasteiger partial charge in [-0.15, -0.1) is 0 Å². The van der Waals surface area contributed by atoms with E-state index in [0.717, 1.165) is 11.3 Å². The number of carbonyl (C=O) groups is 1. The molecule has 3 heteroatoms. The monoisotopic (exact) mass is 188 g/mol. The minimum atomic E-state index is -0.486. The number of hydrogen-bond acceptors (Lipinski definition) is 2. The van der Waals surface area contributed by atoms with Crippen LogP contribution in [0.25, 0.3) is 0 Å². The number of anilines is 1. The van der Waals surface area contributed by atoms with Crippen LogP contribution >= 0.6 is 0 Å². The summed E-state index contributed by atoms with van der Waals surface area (Å²) in [5.41, 5.74) is 1.19. The van der Waals surface area contributed by atoms with E-state index in [4.69, 9.17) is 5.26 Å². The molecule has 0 fully saturated rings. The SMILES string of the molecule is CC(C)(C#N)c1ccc(NC=O)cc1. The van der Waals surface area contributed by atoms with Crippen molar-refractivity contribution in [1.82, 2.24) is 0 Å². The van der Waals surface area contributed by atoms with Gasteiger partial charge in [0.15, 0.2) is 0 Å². The van der Waals surface area contributed by atoms with Crippen molar-refractivity contribution in [3.05, 3.63) is 29.8 Å². The average Bonchev–Trinajstić information content (AvgIpc) is 2.19. The molecule has 72 valence electrons. The van der Waals surface area contributed by atoms with Crippen LogP contribution in [0.4, 0.5) is 5.69 Å². The first kappa shape index (κ1) is 10.3. The van der Waals surface area contributed by atoms with Crippen LogP contribution in [-0.2, 0) is 10.2 Å². The number of rotatable bonds is 3. The van der Waals surface area contributed by atoms with Crippen LogP contribution in [0.15, 0.2) is 24.3 Å². The zero-order valence-electron chi connectivity index (χ0n) is 8.24. The minimum absolute atomic E-state index is 0.486. The summed E-state index contributed by atoms with van der Waals surface area (Å²) < 4.78 is 0. The Hall–Kier alpha value is -1.82. The van der Waals surface area contributed by atoms with Gasteiger partial charge in [-0.3, -0.25) is 4.79 Å². The minimum Gasteiger partial charge on any atom is -0.329 e. The molecule has 0 radical (unpaired) electrons. The van der Waals surface area contributed by atoms with Crippen molar-refractivity contribution >= 4 is 12.1 Å². The van der Waals surface area contributed by atoms with Crippen molar-refractivity contribution in [2.24, 2.45) is 0 Å². The van der Waals surface area contributed by atoms with E-state index in [1.54, 1.807) is 12.1 Å². The van der Waals surface area contributed by atoms with E-state index in [-0.39, 0.29) is 0 Å². The molecule has 1 amide bonds. The smallest absolute Gasteiger partial charge is 0.211 e. The molecule has 1 aromatic carbocycles. The van der Waals surface area contributed by atoms with Gasteiger partial charge in [-0.1, -0.05) is 12.1 Å². The van der Waals surface area contributed by atoms with Gasteiger partial charge in [-0.25, -0.2) is 0 Å². The second-order valence-corrected chi connectivity index (χ2v) is 3.58. The average molecular weight is 188 g/mol. The molecule has 14 heavy (non-hydrogen) atoms. The molecule has 0 aliphatic carbocycles. The zero-order valence-corrected chi connectivity index (χ0v) is 8.24. The van der Waals surface area contributed by atoms with Gasteiger partial charge >= 0.3 is 0 Å². The van der Waals surface area contributed by atoms with E-state index in [1.165, 1.54) is 0 Å². The quantitative estimate of drug-likeness (QED) is 0.738. The van der Waals surface area contributed by atoms with Gasteiger partial charge in [0, 0.05) is 5.69 Å². The highest BCUT2D eigenvalue weighted by Crippen LogP contribution is 2.23. The van der Waals surface area contributed by atoms with Gasteiger partial charge in [0.25, 0.3) is 0 Å². The largest absolute Gasteiger partial charge is 0.329 e. The lowest BCUT2D eigenvalue weighted by molar-refractivity contribution is -0.105. The highest BCUT2D eigenvalue weighted by Gasteiger charge is 2.18. The lowest BCUT2D eigenvalue weighted by Gasteiger charge is -2.15. The molecule has 0 unspecified atom stereocenters. The molecule has 0 spiro atoms. The third-order valence-corrected chi connectivity index (χ3v) is 2.11. The van der Waals surface area contributed by atoms with Crippen LogP contribution in [0.3, 0.4) is 0 Å². The maximum atomic E-state index is 10.1. The van der Waals surface area contributed by atoms with Crippen molar-refractivity contribution in [2.45, 2.75) is 19.3 Å². The van der Waals surface area contributed by atoms with Crippen LogP contribution in [-0.4, -0.2) is 6.41 Å². The Balaban J connectivity index is 2.95. The van der Waals surface area contributed by atoms with Crippen molar-refractivity contribution in [3.8, 4) is 6.07 Å². The number of amides is 1. The molecule has 0 bridgehead atoms. The molecule has 0 aromatic heterocycles. The van der Waals surface area contributed by atoms with Gasteiger partial charge in [0.1, 0.15) is 0 Å². The molecule has 1 rings (SSSR count). The number of nitrogens with one attached hydrogen (secondary N) is 1. The summed E-state index contributed by atoms with van der Waals surface area (Å²) in [5.74, 6) is 0. The van der Waals surface area contributed by atoms with Crippen molar-refractivity contribution in [3.63, 3.8) is 0 Å². The molecule has 0 heterocycles. The maximum absolute atomic E-state index is 10.1. The number of nitriles is 1. The second kappa shape index (κ2) is 3.93. The van der Waals surface area contributed by atoms with Crippen molar-refractivity contribution in [2.75, 3.05) is 5.32 Å². The van der Waals surface area contributed by atoms with E-state index in [0.29, 0.717) is 6.41 Å². The molecule has 0 saturated carbocycles. The second-order valence-electron chi connectivity index (χ2n) is 3.58. The number of nitrogens with zero attached hydrogens (tertiary/aromatic N) is 1. The third kappa shape index (κ3) is 2.11. The van der Waals surface area contributed by atoms with Crippen molar-refractivity contribution in [1.29, 1.82) is 5.26 Å².